The lowest BCUT2D eigenvalue weighted by Gasteiger charge is -2.22. The van der Waals surface area contributed by atoms with Crippen molar-refractivity contribution in [2.75, 3.05) is 0 Å². The molecule has 10 rings (SSSR count). The van der Waals surface area contributed by atoms with Crippen LogP contribution >= 0.6 is 0 Å². The summed E-state index contributed by atoms with van der Waals surface area (Å²) in [6.45, 7) is 0. The molecule has 0 radical (unpaired) electrons. The Morgan fingerprint density at radius 2 is 0.824 bits per heavy atom. The molecule has 1 aliphatic rings. The lowest BCUT2D eigenvalue weighted by atomic mass is 9.95. The largest absolute Gasteiger partial charge is 0.456 e. The van der Waals surface area contributed by atoms with Gasteiger partial charge in [-0.05, 0) is 82.9 Å². The number of aromatic nitrogens is 1. The van der Waals surface area contributed by atoms with Gasteiger partial charge in [0.05, 0.1) is 11.0 Å². The number of benzene rings is 8. The molecule has 9 aromatic rings. The predicted octanol–water partition coefficient (Wildman–Crippen LogP) is 13.3. The number of nitrogens with zero attached hydrogens (tertiary/aromatic N) is 1. The molecule has 3 nitrogen and oxygen atoms in total. The fraction of sp³-hybridized carbons (Fsp3) is 0. The van der Waals surface area contributed by atoms with Gasteiger partial charge in [0.15, 0.2) is 0 Å². The Bertz CT molecular complexity index is 2740. The molecule has 0 spiro atoms. The lowest BCUT2D eigenvalue weighted by Crippen LogP contribution is -1.98. The average molecular weight is 654 g/mol. The first-order chi connectivity index (χ1) is 25.3. The molecule has 240 valence electrons. The molecule has 0 saturated carbocycles. The van der Waals surface area contributed by atoms with Gasteiger partial charge in [0.2, 0.25) is 0 Å². The first-order valence-corrected chi connectivity index (χ1v) is 17.3. The predicted molar refractivity (Wildman–Crippen MR) is 209 cm³/mol. The summed E-state index contributed by atoms with van der Waals surface area (Å²) in [5.74, 6) is 3.09. The first-order valence-electron chi connectivity index (χ1n) is 17.3. The van der Waals surface area contributed by atoms with E-state index < -0.39 is 0 Å². The van der Waals surface area contributed by atoms with E-state index in [1.165, 1.54) is 21.8 Å². The van der Waals surface area contributed by atoms with E-state index in [0.717, 1.165) is 73.2 Å². The van der Waals surface area contributed by atoms with Crippen LogP contribution in [0, 0.1) is 0 Å². The number of hydrogen-bond acceptors (Lipinski definition) is 2. The number of fused-ring (bicyclic) bond motifs is 9. The Kier molecular flexibility index (Phi) is 6.81. The van der Waals surface area contributed by atoms with Crippen LogP contribution in [0.25, 0.3) is 72.0 Å². The van der Waals surface area contributed by atoms with E-state index in [0.29, 0.717) is 0 Å². The fourth-order valence-electron chi connectivity index (χ4n) is 7.45. The van der Waals surface area contributed by atoms with E-state index >= 15 is 0 Å². The normalized spacial score (nSPS) is 11.8. The summed E-state index contributed by atoms with van der Waals surface area (Å²) >= 11 is 0. The summed E-state index contributed by atoms with van der Waals surface area (Å²) in [7, 11) is 0. The summed E-state index contributed by atoms with van der Waals surface area (Å²) in [5.41, 5.74) is 11.8. The fourth-order valence-corrected chi connectivity index (χ4v) is 7.45. The second-order valence-corrected chi connectivity index (χ2v) is 12.9. The van der Waals surface area contributed by atoms with Gasteiger partial charge in [-0.15, -0.1) is 0 Å². The maximum atomic E-state index is 7.01. The summed E-state index contributed by atoms with van der Waals surface area (Å²) in [6.07, 6.45) is 0. The van der Waals surface area contributed by atoms with E-state index in [1.807, 2.05) is 36.4 Å². The number of ether oxygens (including phenoxy) is 2. The van der Waals surface area contributed by atoms with Gasteiger partial charge in [0.1, 0.15) is 23.0 Å². The topological polar surface area (TPSA) is 23.4 Å². The van der Waals surface area contributed by atoms with Crippen molar-refractivity contribution in [3.8, 4) is 73.2 Å². The maximum absolute atomic E-state index is 7.01. The summed E-state index contributed by atoms with van der Waals surface area (Å²) in [4.78, 5) is 0. The molecule has 0 saturated heterocycles. The van der Waals surface area contributed by atoms with Gasteiger partial charge in [-0.1, -0.05) is 127 Å². The highest BCUT2D eigenvalue weighted by atomic mass is 16.5. The van der Waals surface area contributed by atoms with Crippen LogP contribution in [-0.4, -0.2) is 4.57 Å². The Hall–Kier alpha value is -6.84. The summed E-state index contributed by atoms with van der Waals surface area (Å²) in [6, 6.07) is 65.8. The molecular weight excluding hydrogens is 623 g/mol. The molecule has 0 amide bonds. The molecule has 0 atom stereocenters. The van der Waals surface area contributed by atoms with Gasteiger partial charge in [-0.25, -0.2) is 0 Å². The molecule has 1 aromatic heterocycles. The van der Waals surface area contributed by atoms with Crippen LogP contribution in [0.1, 0.15) is 0 Å². The van der Waals surface area contributed by atoms with Crippen LogP contribution in [0.5, 0.6) is 23.0 Å². The Morgan fingerprint density at radius 1 is 0.294 bits per heavy atom. The highest BCUT2D eigenvalue weighted by molar-refractivity contribution is 6.10. The lowest BCUT2D eigenvalue weighted by molar-refractivity contribution is 0.472. The van der Waals surface area contributed by atoms with Crippen LogP contribution in [0.4, 0.5) is 0 Å². The molecule has 1 aliphatic heterocycles. The number of para-hydroxylation sites is 4. The van der Waals surface area contributed by atoms with Crippen molar-refractivity contribution >= 4 is 21.8 Å². The molecule has 0 fully saturated rings. The SMILES string of the molecule is c1ccc(-c2ccc3c(c2)Oc2ccc(-c4ccc5c6ccccc6n(-c6ccccc6)c5c4)cc2-c2ccccc2Oc2ccccc2-3)cc1. The van der Waals surface area contributed by atoms with Gasteiger partial charge < -0.3 is 14.0 Å². The van der Waals surface area contributed by atoms with Gasteiger partial charge >= 0.3 is 0 Å². The molecule has 0 bridgehead atoms. The van der Waals surface area contributed by atoms with Gasteiger partial charge in [-0.2, -0.15) is 0 Å². The van der Waals surface area contributed by atoms with Crippen LogP contribution in [0.3, 0.4) is 0 Å². The van der Waals surface area contributed by atoms with Crippen LogP contribution in [-0.2, 0) is 0 Å². The second kappa shape index (κ2) is 11.9. The first kappa shape index (κ1) is 29.1. The monoisotopic (exact) mass is 653 g/mol. The Morgan fingerprint density at radius 3 is 1.63 bits per heavy atom. The summed E-state index contributed by atoms with van der Waals surface area (Å²) in [5, 5.41) is 2.46. The highest BCUT2D eigenvalue weighted by Crippen LogP contribution is 2.48. The third-order valence-corrected chi connectivity index (χ3v) is 9.88. The van der Waals surface area contributed by atoms with Crippen molar-refractivity contribution in [2.45, 2.75) is 0 Å². The van der Waals surface area contributed by atoms with Crippen molar-refractivity contribution in [1.29, 1.82) is 0 Å². The molecule has 3 heteroatoms. The molecule has 0 aliphatic carbocycles. The third-order valence-electron chi connectivity index (χ3n) is 9.88. The smallest absolute Gasteiger partial charge is 0.136 e. The van der Waals surface area contributed by atoms with Crippen molar-refractivity contribution < 1.29 is 9.47 Å². The van der Waals surface area contributed by atoms with Crippen LogP contribution < -0.4 is 9.47 Å². The molecule has 0 unspecified atom stereocenters. The quantitative estimate of drug-likeness (QED) is 0.189. The molecular formula is C48H31NO2. The zero-order chi connectivity index (χ0) is 33.7. The van der Waals surface area contributed by atoms with E-state index in [4.69, 9.17) is 9.47 Å². The van der Waals surface area contributed by atoms with Crippen molar-refractivity contribution in [3.63, 3.8) is 0 Å². The molecule has 8 aromatic carbocycles. The Balaban J connectivity index is 1.18. The molecule has 0 N–H and O–H groups in total. The minimum absolute atomic E-state index is 0.764. The summed E-state index contributed by atoms with van der Waals surface area (Å²) < 4.78 is 16.2. The zero-order valence-corrected chi connectivity index (χ0v) is 27.7. The van der Waals surface area contributed by atoms with Gasteiger partial charge in [-0.3, -0.25) is 0 Å². The minimum atomic E-state index is 0.764. The van der Waals surface area contributed by atoms with Crippen LogP contribution in [0.15, 0.2) is 188 Å². The standard InChI is InChI=1S/C48H31NO2/c1-3-13-32(14-4-1)35-24-27-41-39-18-8-11-21-45(39)50-46-22-12-9-19-40(46)42-29-33(25-28-47(42)51-48(41)31-35)34-23-26-38-37-17-7-10-20-43(37)49(44(38)30-34)36-15-5-2-6-16-36/h1-31H. The average Bonchev–Trinajstić information content (AvgIpc) is 3.53. The van der Waals surface area contributed by atoms with E-state index in [2.05, 4.69) is 156 Å². The van der Waals surface area contributed by atoms with Crippen molar-refractivity contribution in [3.05, 3.63) is 188 Å². The van der Waals surface area contributed by atoms with E-state index in [1.54, 1.807) is 0 Å². The highest BCUT2D eigenvalue weighted by Gasteiger charge is 2.22. The van der Waals surface area contributed by atoms with Gasteiger partial charge in [0, 0.05) is 38.7 Å². The number of hydrogen-bond donors (Lipinski definition) is 0. The number of rotatable bonds is 3. The second-order valence-electron chi connectivity index (χ2n) is 12.9. The third kappa shape index (κ3) is 4.98. The molecule has 51 heavy (non-hydrogen) atoms. The zero-order valence-electron chi connectivity index (χ0n) is 27.7. The molecule has 2 heterocycles. The van der Waals surface area contributed by atoms with Gasteiger partial charge in [0.25, 0.3) is 0 Å². The van der Waals surface area contributed by atoms with E-state index in [9.17, 15) is 0 Å². The van der Waals surface area contributed by atoms with E-state index in [-0.39, 0.29) is 0 Å². The Labute approximate surface area is 296 Å². The minimum Gasteiger partial charge on any atom is -0.456 e. The van der Waals surface area contributed by atoms with Crippen molar-refractivity contribution in [2.24, 2.45) is 0 Å². The van der Waals surface area contributed by atoms with Crippen LogP contribution in [0.2, 0.25) is 0 Å². The van der Waals surface area contributed by atoms with Crippen molar-refractivity contribution in [1.82, 2.24) is 4.57 Å². The maximum Gasteiger partial charge on any atom is 0.136 e.